The van der Waals surface area contributed by atoms with E-state index in [0.29, 0.717) is 50.7 Å². The lowest BCUT2D eigenvalue weighted by Crippen LogP contribution is -2.34. The molecule has 0 radical (unpaired) electrons. The average molecular weight is 335 g/mol. The van der Waals surface area contributed by atoms with Gasteiger partial charge in [-0.1, -0.05) is 12.1 Å². The minimum Gasteiger partial charge on any atom is -0.492 e. The normalized spacial score (nSPS) is 17.0. The van der Waals surface area contributed by atoms with Crippen molar-refractivity contribution in [3.63, 3.8) is 0 Å². The highest BCUT2D eigenvalue weighted by Gasteiger charge is 2.29. The Labute approximate surface area is 142 Å². The highest BCUT2D eigenvalue weighted by molar-refractivity contribution is 5.91. The number of para-hydroxylation sites is 2. The lowest BCUT2D eigenvalue weighted by Gasteiger charge is -2.16. The summed E-state index contributed by atoms with van der Waals surface area (Å²) in [6.07, 6.45) is 0.458. The molecule has 1 aromatic rings. The van der Waals surface area contributed by atoms with Crippen molar-refractivity contribution < 1.29 is 19.1 Å². The first-order valence-corrected chi connectivity index (χ1v) is 8.17. The van der Waals surface area contributed by atoms with E-state index in [1.165, 1.54) is 0 Å². The van der Waals surface area contributed by atoms with Gasteiger partial charge in [-0.2, -0.15) is 0 Å². The van der Waals surface area contributed by atoms with Crippen molar-refractivity contribution in [2.24, 2.45) is 5.92 Å². The van der Waals surface area contributed by atoms with Crippen LogP contribution in [0.1, 0.15) is 13.3 Å². The van der Waals surface area contributed by atoms with Crippen LogP contribution in [0, 0.1) is 5.92 Å². The molecular weight excluding hydrogens is 310 g/mol. The van der Waals surface area contributed by atoms with Crippen molar-refractivity contribution in [3.8, 4) is 5.75 Å². The van der Waals surface area contributed by atoms with E-state index in [0.717, 1.165) is 0 Å². The minimum absolute atomic E-state index is 0.112. The van der Waals surface area contributed by atoms with E-state index in [1.807, 2.05) is 25.1 Å². The van der Waals surface area contributed by atoms with Crippen LogP contribution >= 0.6 is 0 Å². The molecule has 0 saturated carbocycles. The molecule has 0 aliphatic carbocycles. The summed E-state index contributed by atoms with van der Waals surface area (Å²) in [5.41, 5.74) is 0.626. The van der Waals surface area contributed by atoms with Crippen molar-refractivity contribution in [3.05, 3.63) is 24.3 Å². The Morgan fingerprint density at radius 2 is 2.17 bits per heavy atom. The number of urea groups is 1. The minimum atomic E-state index is -0.301. The Bertz CT molecular complexity index is 565. The lowest BCUT2D eigenvalue weighted by atomic mass is 10.1. The van der Waals surface area contributed by atoms with Crippen LogP contribution in [-0.4, -0.2) is 56.8 Å². The zero-order valence-corrected chi connectivity index (χ0v) is 14.2. The Kier molecular flexibility index (Phi) is 6.87. The molecule has 2 N–H and O–H groups in total. The molecule has 1 fully saturated rings. The molecule has 2 rings (SSSR count). The van der Waals surface area contributed by atoms with Crippen molar-refractivity contribution in [1.82, 2.24) is 10.2 Å². The van der Waals surface area contributed by atoms with Gasteiger partial charge in [-0.15, -0.1) is 0 Å². The second-order valence-electron chi connectivity index (χ2n) is 5.67. The third-order valence-corrected chi connectivity index (χ3v) is 3.85. The predicted octanol–water partition coefficient (Wildman–Crippen LogP) is 1.70. The van der Waals surface area contributed by atoms with Gasteiger partial charge in [-0.3, -0.25) is 4.79 Å². The fourth-order valence-electron chi connectivity index (χ4n) is 2.66. The number of carbonyl (C=O) groups is 2. The summed E-state index contributed by atoms with van der Waals surface area (Å²) in [4.78, 5) is 25.7. The summed E-state index contributed by atoms with van der Waals surface area (Å²) in [5, 5.41) is 5.61. The predicted molar refractivity (Wildman–Crippen MR) is 91.2 cm³/mol. The SMILES string of the molecule is CCOc1ccccc1NC(=O)NC[C@@H]1CC(=O)N(CCOC)C1. The molecule has 1 aromatic carbocycles. The third-order valence-electron chi connectivity index (χ3n) is 3.85. The van der Waals surface area contributed by atoms with Crippen molar-refractivity contribution in [1.29, 1.82) is 0 Å². The van der Waals surface area contributed by atoms with Crippen LogP contribution in [0.5, 0.6) is 5.75 Å². The molecule has 0 bridgehead atoms. The number of carbonyl (C=O) groups excluding carboxylic acids is 2. The molecule has 1 saturated heterocycles. The van der Waals surface area contributed by atoms with Crippen LogP contribution < -0.4 is 15.4 Å². The monoisotopic (exact) mass is 335 g/mol. The summed E-state index contributed by atoms with van der Waals surface area (Å²) in [7, 11) is 1.62. The quantitative estimate of drug-likeness (QED) is 0.758. The Balaban J connectivity index is 1.79. The van der Waals surface area contributed by atoms with E-state index < -0.39 is 0 Å². The summed E-state index contributed by atoms with van der Waals surface area (Å²) < 4.78 is 10.5. The number of likely N-dealkylation sites (tertiary alicyclic amines) is 1. The smallest absolute Gasteiger partial charge is 0.319 e. The van der Waals surface area contributed by atoms with Gasteiger partial charge in [0.2, 0.25) is 5.91 Å². The molecule has 0 aromatic heterocycles. The lowest BCUT2D eigenvalue weighted by molar-refractivity contribution is -0.128. The molecule has 7 heteroatoms. The summed E-state index contributed by atoms with van der Waals surface area (Å²) in [5.74, 6) is 0.875. The molecule has 0 spiro atoms. The van der Waals surface area contributed by atoms with E-state index in [9.17, 15) is 9.59 Å². The zero-order chi connectivity index (χ0) is 17.4. The molecular formula is C17H25N3O4. The van der Waals surface area contributed by atoms with Gasteiger partial charge in [0.25, 0.3) is 0 Å². The summed E-state index contributed by atoms with van der Waals surface area (Å²) in [6.45, 7) is 4.65. The van der Waals surface area contributed by atoms with Gasteiger partial charge in [0.1, 0.15) is 5.75 Å². The molecule has 0 unspecified atom stereocenters. The molecule has 1 heterocycles. The second-order valence-corrected chi connectivity index (χ2v) is 5.67. The van der Waals surface area contributed by atoms with Gasteiger partial charge in [-0.05, 0) is 19.1 Å². The van der Waals surface area contributed by atoms with Crippen LogP contribution in [0.4, 0.5) is 10.5 Å². The number of benzene rings is 1. The highest BCUT2D eigenvalue weighted by atomic mass is 16.5. The molecule has 7 nitrogen and oxygen atoms in total. The maximum atomic E-state index is 12.1. The van der Waals surface area contributed by atoms with Crippen molar-refractivity contribution in [2.75, 3.05) is 45.3 Å². The van der Waals surface area contributed by atoms with Crippen LogP contribution in [0.15, 0.2) is 24.3 Å². The molecule has 1 aliphatic heterocycles. The Hall–Kier alpha value is -2.28. The molecule has 1 atom stereocenters. The summed E-state index contributed by atoms with van der Waals surface area (Å²) >= 11 is 0. The first-order valence-electron chi connectivity index (χ1n) is 8.17. The standard InChI is InChI=1S/C17H25N3O4/c1-3-24-15-7-5-4-6-14(15)19-17(22)18-11-13-10-16(21)20(12-13)8-9-23-2/h4-7,13H,3,8-12H2,1-2H3,(H2,18,19,22)/t13-/m0/s1. The number of hydrogen-bond acceptors (Lipinski definition) is 4. The number of amides is 3. The maximum Gasteiger partial charge on any atom is 0.319 e. The number of methoxy groups -OCH3 is 1. The second kappa shape index (κ2) is 9.12. The number of ether oxygens (including phenoxy) is 2. The zero-order valence-electron chi connectivity index (χ0n) is 14.2. The number of nitrogens with one attached hydrogen (secondary N) is 2. The Morgan fingerprint density at radius 1 is 1.38 bits per heavy atom. The van der Waals surface area contributed by atoms with Crippen LogP contribution in [-0.2, 0) is 9.53 Å². The third kappa shape index (κ3) is 5.13. The maximum absolute atomic E-state index is 12.1. The topological polar surface area (TPSA) is 79.9 Å². The van der Waals surface area contributed by atoms with E-state index in [2.05, 4.69) is 10.6 Å². The van der Waals surface area contributed by atoms with E-state index in [1.54, 1.807) is 18.1 Å². The fourth-order valence-corrected chi connectivity index (χ4v) is 2.66. The molecule has 1 aliphatic rings. The van der Waals surface area contributed by atoms with Crippen molar-refractivity contribution >= 4 is 17.6 Å². The Morgan fingerprint density at radius 3 is 2.92 bits per heavy atom. The summed E-state index contributed by atoms with van der Waals surface area (Å²) in [6, 6.07) is 6.98. The largest absolute Gasteiger partial charge is 0.492 e. The highest BCUT2D eigenvalue weighted by Crippen LogP contribution is 2.23. The first-order chi connectivity index (χ1) is 11.6. The van der Waals surface area contributed by atoms with Gasteiger partial charge < -0.3 is 25.0 Å². The fraction of sp³-hybridized carbons (Fsp3) is 0.529. The van der Waals surface area contributed by atoms with E-state index in [-0.39, 0.29) is 17.9 Å². The van der Waals surface area contributed by atoms with Gasteiger partial charge in [0, 0.05) is 39.1 Å². The first kappa shape index (κ1) is 18.1. The number of rotatable bonds is 8. The van der Waals surface area contributed by atoms with Gasteiger partial charge in [-0.25, -0.2) is 4.79 Å². The van der Waals surface area contributed by atoms with E-state index in [4.69, 9.17) is 9.47 Å². The van der Waals surface area contributed by atoms with Gasteiger partial charge in [0.05, 0.1) is 18.9 Å². The van der Waals surface area contributed by atoms with Crippen LogP contribution in [0.25, 0.3) is 0 Å². The van der Waals surface area contributed by atoms with Crippen LogP contribution in [0.2, 0.25) is 0 Å². The average Bonchev–Trinajstić information content (AvgIpc) is 2.93. The van der Waals surface area contributed by atoms with Gasteiger partial charge >= 0.3 is 6.03 Å². The van der Waals surface area contributed by atoms with Crippen molar-refractivity contribution in [2.45, 2.75) is 13.3 Å². The van der Waals surface area contributed by atoms with E-state index >= 15 is 0 Å². The molecule has 24 heavy (non-hydrogen) atoms. The number of anilines is 1. The van der Waals surface area contributed by atoms with Gasteiger partial charge in [0.15, 0.2) is 0 Å². The molecule has 3 amide bonds. The number of nitrogens with zero attached hydrogens (tertiary/aromatic N) is 1. The van der Waals surface area contributed by atoms with Crippen LogP contribution in [0.3, 0.4) is 0 Å². The molecule has 132 valence electrons. The number of hydrogen-bond donors (Lipinski definition) is 2.